The molecule has 0 saturated carbocycles. The van der Waals surface area contributed by atoms with E-state index in [0.717, 1.165) is 11.3 Å². The summed E-state index contributed by atoms with van der Waals surface area (Å²) in [4.78, 5) is 12.2. The number of rotatable bonds is 7. The van der Waals surface area contributed by atoms with Crippen LogP contribution in [0.5, 0.6) is 5.75 Å². The molecule has 2 atom stereocenters. The molecule has 1 heterocycles. The zero-order chi connectivity index (χ0) is 16.9. The highest BCUT2D eigenvalue weighted by Crippen LogP contribution is 2.20. The fourth-order valence-corrected chi connectivity index (χ4v) is 2.31. The number of hydrogen-bond donors (Lipinski definition) is 2. The van der Waals surface area contributed by atoms with Crippen LogP contribution in [0.1, 0.15) is 25.2 Å². The monoisotopic (exact) mass is 317 g/mol. The first-order valence-electron chi connectivity index (χ1n) is 7.59. The summed E-state index contributed by atoms with van der Waals surface area (Å²) < 4.78 is 10.3. The van der Waals surface area contributed by atoms with Gasteiger partial charge < -0.3 is 19.6 Å². The van der Waals surface area contributed by atoms with Crippen LogP contribution in [-0.4, -0.2) is 24.7 Å². The third-order valence-corrected chi connectivity index (χ3v) is 3.81. The minimum absolute atomic E-state index is 0.103. The van der Waals surface area contributed by atoms with Crippen LogP contribution in [0.2, 0.25) is 0 Å². The normalized spacial score (nSPS) is 14.8. The summed E-state index contributed by atoms with van der Waals surface area (Å²) >= 11 is 0. The number of carbonyl (C=O) groups excluding carboxylic acids is 1. The van der Waals surface area contributed by atoms with E-state index >= 15 is 0 Å². The van der Waals surface area contributed by atoms with Gasteiger partial charge in [-0.1, -0.05) is 19.1 Å². The van der Waals surface area contributed by atoms with Crippen molar-refractivity contribution in [1.29, 1.82) is 0 Å². The second kappa shape index (κ2) is 7.33. The maximum atomic E-state index is 12.2. The number of methoxy groups -OCH3 is 1. The van der Waals surface area contributed by atoms with Crippen molar-refractivity contribution in [3.63, 3.8) is 0 Å². The molecule has 2 N–H and O–H groups in total. The lowest BCUT2D eigenvalue weighted by Crippen LogP contribution is -2.40. The fraction of sp³-hybridized carbons (Fsp3) is 0.389. The van der Waals surface area contributed by atoms with Gasteiger partial charge in [-0.05, 0) is 43.2 Å². The molecule has 5 heteroatoms. The smallest absolute Gasteiger partial charge is 0.223 e. The maximum absolute atomic E-state index is 12.2. The van der Waals surface area contributed by atoms with Gasteiger partial charge in [0.25, 0.3) is 0 Å². The van der Waals surface area contributed by atoms with E-state index in [1.54, 1.807) is 26.2 Å². The van der Waals surface area contributed by atoms with E-state index in [1.807, 2.05) is 31.2 Å². The topological polar surface area (TPSA) is 71.7 Å². The molecule has 0 aliphatic heterocycles. The predicted molar refractivity (Wildman–Crippen MR) is 87.2 cm³/mol. The van der Waals surface area contributed by atoms with Gasteiger partial charge in [0, 0.05) is 5.92 Å². The van der Waals surface area contributed by atoms with Gasteiger partial charge in [-0.15, -0.1) is 0 Å². The van der Waals surface area contributed by atoms with Crippen LogP contribution in [0.15, 0.2) is 47.1 Å². The van der Waals surface area contributed by atoms with Crippen LogP contribution in [0, 0.1) is 5.92 Å². The summed E-state index contributed by atoms with van der Waals surface area (Å²) in [5.74, 6) is 0.921. The number of amides is 1. The zero-order valence-corrected chi connectivity index (χ0v) is 13.7. The van der Waals surface area contributed by atoms with Crippen molar-refractivity contribution < 1.29 is 19.1 Å². The highest BCUT2D eigenvalue weighted by atomic mass is 16.5. The van der Waals surface area contributed by atoms with E-state index in [-0.39, 0.29) is 18.4 Å². The Kier molecular flexibility index (Phi) is 5.45. The van der Waals surface area contributed by atoms with E-state index in [9.17, 15) is 9.90 Å². The van der Waals surface area contributed by atoms with Crippen molar-refractivity contribution in [2.24, 2.45) is 5.92 Å². The maximum Gasteiger partial charge on any atom is 0.223 e. The molecule has 1 aromatic carbocycles. The van der Waals surface area contributed by atoms with Crippen LogP contribution in [-0.2, 0) is 16.8 Å². The summed E-state index contributed by atoms with van der Waals surface area (Å²) in [7, 11) is 1.62. The summed E-state index contributed by atoms with van der Waals surface area (Å²) in [6.07, 6.45) is 2.12. The molecule has 1 aromatic heterocycles. The van der Waals surface area contributed by atoms with Crippen LogP contribution < -0.4 is 10.1 Å². The largest absolute Gasteiger partial charge is 0.497 e. The minimum Gasteiger partial charge on any atom is -0.497 e. The number of benzene rings is 1. The predicted octanol–water partition coefficient (Wildman–Crippen LogP) is 2.49. The van der Waals surface area contributed by atoms with Gasteiger partial charge in [0.15, 0.2) is 0 Å². The average molecular weight is 317 g/mol. The molecule has 23 heavy (non-hydrogen) atoms. The summed E-state index contributed by atoms with van der Waals surface area (Å²) in [6, 6.07) is 11.0. The molecular weight excluding hydrogens is 294 g/mol. The van der Waals surface area contributed by atoms with Crippen molar-refractivity contribution in [2.75, 3.05) is 13.7 Å². The molecule has 0 aliphatic carbocycles. The Bertz CT molecular complexity index is 617. The molecule has 0 bridgehead atoms. The lowest BCUT2D eigenvalue weighted by Gasteiger charge is -2.22. The van der Waals surface area contributed by atoms with E-state index in [4.69, 9.17) is 9.15 Å². The number of ether oxygens (including phenoxy) is 1. The van der Waals surface area contributed by atoms with Crippen LogP contribution in [0.4, 0.5) is 0 Å². The van der Waals surface area contributed by atoms with Crippen molar-refractivity contribution in [2.45, 2.75) is 25.9 Å². The summed E-state index contributed by atoms with van der Waals surface area (Å²) in [5, 5.41) is 13.1. The lowest BCUT2D eigenvalue weighted by molar-refractivity contribution is -0.125. The van der Waals surface area contributed by atoms with Crippen LogP contribution in [0.25, 0.3) is 0 Å². The molecule has 2 unspecified atom stereocenters. The van der Waals surface area contributed by atoms with Gasteiger partial charge in [-0.25, -0.2) is 0 Å². The molecule has 0 spiro atoms. The number of nitrogens with one attached hydrogen (secondary N) is 1. The highest BCUT2D eigenvalue weighted by molar-refractivity contribution is 5.78. The minimum atomic E-state index is -1.22. The Morgan fingerprint density at radius 3 is 2.61 bits per heavy atom. The second-order valence-corrected chi connectivity index (χ2v) is 5.92. The first kappa shape index (κ1) is 17.1. The Morgan fingerprint density at radius 2 is 2.04 bits per heavy atom. The third-order valence-electron chi connectivity index (χ3n) is 3.81. The number of aliphatic hydroxyl groups is 1. The molecule has 2 aromatic rings. The second-order valence-electron chi connectivity index (χ2n) is 5.92. The molecule has 124 valence electrons. The zero-order valence-electron chi connectivity index (χ0n) is 13.7. The number of hydrogen-bond acceptors (Lipinski definition) is 4. The van der Waals surface area contributed by atoms with Gasteiger partial charge in [0.2, 0.25) is 5.91 Å². The van der Waals surface area contributed by atoms with Crippen molar-refractivity contribution in [3.8, 4) is 5.75 Å². The third kappa shape index (κ3) is 4.60. The Balaban J connectivity index is 1.87. The molecule has 0 fully saturated rings. The first-order valence-corrected chi connectivity index (χ1v) is 7.59. The fourth-order valence-electron chi connectivity index (χ4n) is 2.31. The van der Waals surface area contributed by atoms with Crippen LogP contribution in [0.3, 0.4) is 0 Å². The van der Waals surface area contributed by atoms with Gasteiger partial charge in [-0.2, -0.15) is 0 Å². The number of furan rings is 1. The highest BCUT2D eigenvalue weighted by Gasteiger charge is 2.27. The van der Waals surface area contributed by atoms with Crippen molar-refractivity contribution >= 4 is 5.91 Å². The summed E-state index contributed by atoms with van der Waals surface area (Å²) in [5.41, 5.74) is -0.162. The molecule has 1 amide bonds. The summed E-state index contributed by atoms with van der Waals surface area (Å²) in [6.45, 7) is 3.58. The van der Waals surface area contributed by atoms with Crippen molar-refractivity contribution in [3.05, 3.63) is 54.0 Å². The lowest BCUT2D eigenvalue weighted by atomic mass is 9.99. The molecule has 0 saturated heterocycles. The standard InChI is InChI=1S/C18H23NO4/c1-13(11-14-6-8-15(22-3)9-7-14)17(20)19-12-18(2,21)16-5-4-10-23-16/h4-10,13,21H,11-12H2,1-3H3,(H,19,20). The molecular formula is C18H23NO4. The van der Waals surface area contributed by atoms with E-state index in [1.165, 1.54) is 6.26 Å². The molecule has 0 aliphatic rings. The number of carbonyl (C=O) groups is 1. The molecule has 2 rings (SSSR count). The Labute approximate surface area is 136 Å². The van der Waals surface area contributed by atoms with Gasteiger partial charge in [0.05, 0.1) is 19.9 Å². The first-order chi connectivity index (χ1) is 10.9. The van der Waals surface area contributed by atoms with E-state index < -0.39 is 5.60 Å². The van der Waals surface area contributed by atoms with Gasteiger partial charge in [0.1, 0.15) is 17.1 Å². The van der Waals surface area contributed by atoms with Crippen LogP contribution >= 0.6 is 0 Å². The molecule has 0 radical (unpaired) electrons. The molecule has 5 nitrogen and oxygen atoms in total. The van der Waals surface area contributed by atoms with Crippen molar-refractivity contribution in [1.82, 2.24) is 5.32 Å². The van der Waals surface area contributed by atoms with E-state index in [0.29, 0.717) is 12.2 Å². The quantitative estimate of drug-likeness (QED) is 0.823. The Hall–Kier alpha value is -2.27. The average Bonchev–Trinajstić information content (AvgIpc) is 3.08. The van der Waals surface area contributed by atoms with E-state index in [2.05, 4.69) is 5.32 Å². The SMILES string of the molecule is COc1ccc(CC(C)C(=O)NCC(C)(O)c2ccco2)cc1. The van der Waals surface area contributed by atoms with Gasteiger partial charge in [-0.3, -0.25) is 4.79 Å². The Morgan fingerprint density at radius 1 is 1.35 bits per heavy atom. The van der Waals surface area contributed by atoms with Gasteiger partial charge >= 0.3 is 0 Å².